The average Bonchev–Trinajstić information content (AvgIpc) is 3.95. The zero-order valence-corrected chi connectivity index (χ0v) is 29.5. The van der Waals surface area contributed by atoms with E-state index in [0.717, 1.165) is 15.1 Å². The number of hydrogen-bond donors (Lipinski definition) is 2. The zero-order valence-electron chi connectivity index (χ0n) is 24.7. The first kappa shape index (κ1) is 33.4. The molecule has 0 aliphatic carbocycles. The molecule has 0 saturated carbocycles. The van der Waals surface area contributed by atoms with Crippen molar-refractivity contribution in [2.75, 3.05) is 0 Å². The van der Waals surface area contributed by atoms with Crippen LogP contribution in [-0.2, 0) is 28.7 Å². The first-order valence-electron chi connectivity index (χ1n) is 14.9. The number of hydrogen-bond acceptors (Lipinski definition) is 8. The fourth-order valence-corrected chi connectivity index (χ4v) is 13.6. The SMILES string of the molecule is Clc1cc[c]([Sb]([c]2ccc(Cl)cc2)[c]2ccc(Cl)cc2)cc1.O=C1C2C(C(=O)N1O)[C@H]1C=C[C@@H]2O1.O=C1C2C(C(=O)N1O)[C@H]1C=C[C@@H]2O1. The van der Waals surface area contributed by atoms with Crippen LogP contribution in [0, 0.1) is 23.7 Å². The van der Waals surface area contributed by atoms with Crippen LogP contribution >= 0.6 is 34.8 Å². The summed E-state index contributed by atoms with van der Waals surface area (Å²) in [6.45, 7) is 0. The molecule has 48 heavy (non-hydrogen) atoms. The Morgan fingerprint density at radius 2 is 0.688 bits per heavy atom. The molecular weight excluding hydrogens is 792 g/mol. The van der Waals surface area contributed by atoms with Crippen molar-refractivity contribution < 1.29 is 39.1 Å². The minimum atomic E-state index is -2.08. The van der Waals surface area contributed by atoms with Gasteiger partial charge in [0.1, 0.15) is 0 Å². The van der Waals surface area contributed by atoms with Crippen LogP contribution in [0.4, 0.5) is 0 Å². The second kappa shape index (κ2) is 13.3. The number of benzene rings is 3. The molecule has 8 atom stereocenters. The number of amides is 4. The van der Waals surface area contributed by atoms with E-state index in [-0.39, 0.29) is 34.5 Å². The first-order valence-corrected chi connectivity index (χ1v) is 19.9. The summed E-state index contributed by atoms with van der Waals surface area (Å²) in [6, 6.07) is 24.5. The van der Waals surface area contributed by atoms with Gasteiger partial charge >= 0.3 is 153 Å². The van der Waals surface area contributed by atoms with E-state index >= 15 is 0 Å². The van der Waals surface area contributed by atoms with Gasteiger partial charge in [-0.25, -0.2) is 0 Å². The number of imide groups is 2. The maximum absolute atomic E-state index is 11.3. The molecule has 0 radical (unpaired) electrons. The van der Waals surface area contributed by atoms with Gasteiger partial charge in [0.15, 0.2) is 0 Å². The molecule has 0 spiro atoms. The molecule has 9 rings (SSSR count). The van der Waals surface area contributed by atoms with Crippen molar-refractivity contribution in [2.45, 2.75) is 24.4 Å². The van der Waals surface area contributed by atoms with Gasteiger partial charge < -0.3 is 9.47 Å². The molecule has 246 valence electrons. The molecule has 0 aromatic heterocycles. The number of hydroxylamine groups is 4. The number of ether oxygens (including phenoxy) is 2. The summed E-state index contributed by atoms with van der Waals surface area (Å²) in [5, 5.41) is 20.9. The fourth-order valence-electron chi connectivity index (χ4n) is 6.79. The van der Waals surface area contributed by atoms with Crippen LogP contribution < -0.4 is 10.5 Å². The number of nitrogens with zero attached hydrogens (tertiary/aromatic N) is 2. The molecule has 4 amide bonds. The largest absolute Gasteiger partial charge is 0.365 e. The predicted octanol–water partition coefficient (Wildman–Crippen LogP) is 2.79. The van der Waals surface area contributed by atoms with Gasteiger partial charge in [0, 0.05) is 0 Å². The minimum Gasteiger partial charge on any atom is -0.365 e. The Labute approximate surface area is 296 Å². The molecule has 6 aliphatic rings. The van der Waals surface area contributed by atoms with Gasteiger partial charge in [0.25, 0.3) is 23.6 Å². The Morgan fingerprint density at radius 1 is 0.458 bits per heavy atom. The van der Waals surface area contributed by atoms with Gasteiger partial charge in [-0.05, 0) is 0 Å². The van der Waals surface area contributed by atoms with Crippen LogP contribution in [0.15, 0.2) is 97.1 Å². The van der Waals surface area contributed by atoms with Crippen LogP contribution in [0.2, 0.25) is 15.1 Å². The van der Waals surface area contributed by atoms with E-state index in [9.17, 15) is 19.2 Å². The summed E-state index contributed by atoms with van der Waals surface area (Å²) in [5.41, 5.74) is 0. The van der Waals surface area contributed by atoms with Crippen LogP contribution in [0.3, 0.4) is 0 Å². The number of carbonyl (C=O) groups excluding carboxylic acids is 4. The number of fused-ring (bicyclic) bond motifs is 10. The third-order valence-corrected chi connectivity index (χ3v) is 16.8. The summed E-state index contributed by atoms with van der Waals surface area (Å²) < 4.78 is 14.8. The smallest absolute Gasteiger partial charge is 0.260 e. The summed E-state index contributed by atoms with van der Waals surface area (Å²) in [5.74, 6) is -4.11. The maximum Gasteiger partial charge on any atom is 0.260 e. The molecule has 4 bridgehead atoms. The van der Waals surface area contributed by atoms with Crippen molar-refractivity contribution >= 4 is 89.2 Å². The van der Waals surface area contributed by atoms with E-state index in [1.807, 2.05) is 36.4 Å². The van der Waals surface area contributed by atoms with E-state index in [0.29, 0.717) is 0 Å². The van der Waals surface area contributed by atoms with Crippen LogP contribution in [-0.4, -0.2) is 88.8 Å². The minimum absolute atomic E-state index is 0.227. The fraction of sp³-hybridized carbons (Fsp3) is 0.235. The van der Waals surface area contributed by atoms with E-state index in [2.05, 4.69) is 36.4 Å². The van der Waals surface area contributed by atoms with Gasteiger partial charge in [-0.1, -0.05) is 24.3 Å². The van der Waals surface area contributed by atoms with E-state index in [4.69, 9.17) is 54.7 Å². The summed E-state index contributed by atoms with van der Waals surface area (Å²) in [4.78, 5) is 45.3. The van der Waals surface area contributed by atoms with Crippen LogP contribution in [0.5, 0.6) is 0 Å². The quantitative estimate of drug-likeness (QED) is 0.179. The van der Waals surface area contributed by atoms with E-state index < -0.39 is 67.5 Å². The average molecular weight is 819 g/mol. The Balaban J connectivity index is 0.000000120. The van der Waals surface area contributed by atoms with Gasteiger partial charge in [0.05, 0.1) is 48.1 Å². The van der Waals surface area contributed by atoms with Crippen molar-refractivity contribution in [3.63, 3.8) is 0 Å². The summed E-state index contributed by atoms with van der Waals surface area (Å²) in [6.07, 6.45) is 5.83. The van der Waals surface area contributed by atoms with E-state index in [1.165, 1.54) is 10.5 Å². The Hall–Kier alpha value is -3.05. The summed E-state index contributed by atoms with van der Waals surface area (Å²) >= 11 is 16.0. The van der Waals surface area contributed by atoms with Gasteiger partial charge in [-0.2, -0.15) is 10.1 Å². The molecule has 4 fully saturated rings. The third kappa shape index (κ3) is 5.92. The molecule has 2 N–H and O–H groups in total. The normalized spacial score (nSPS) is 30.1. The third-order valence-electron chi connectivity index (χ3n) is 9.03. The second-order valence-corrected chi connectivity index (χ2v) is 19.4. The molecule has 4 unspecified atom stereocenters. The molecule has 4 saturated heterocycles. The molecule has 3 aromatic rings. The Morgan fingerprint density at radius 3 is 0.917 bits per heavy atom. The molecular formula is C34H26Cl3N2O8Sb. The monoisotopic (exact) mass is 816 g/mol. The van der Waals surface area contributed by atoms with Crippen molar-refractivity contribution in [3.05, 3.63) is 112 Å². The molecule has 6 aliphatic heterocycles. The van der Waals surface area contributed by atoms with Gasteiger partial charge in [-0.15, -0.1) is 0 Å². The number of rotatable bonds is 3. The maximum atomic E-state index is 11.3. The zero-order chi connectivity index (χ0) is 33.9. The molecule has 14 heteroatoms. The van der Waals surface area contributed by atoms with Gasteiger partial charge in [0.2, 0.25) is 0 Å². The topological polar surface area (TPSA) is 134 Å². The summed E-state index contributed by atoms with van der Waals surface area (Å²) in [7, 11) is 0. The first-order chi connectivity index (χ1) is 23.0. The Bertz CT molecular complexity index is 1600. The standard InChI is InChI=1S/2C8H7NO4.3C6H4Cl.Sb/c2*10-7-5-3-1-2-4(13-3)6(5)8(11)9(7)12;3*7-6-4-2-1-3-5-6;/h2*1-6,12H;3*2-5H;/t2*3-,4+,5?,6?;;;;. The predicted molar refractivity (Wildman–Crippen MR) is 176 cm³/mol. The van der Waals surface area contributed by atoms with Crippen molar-refractivity contribution in [1.29, 1.82) is 0 Å². The Kier molecular flexibility index (Phi) is 9.30. The molecule has 10 nitrogen and oxygen atoms in total. The number of carbonyl (C=O) groups is 4. The molecule has 6 heterocycles. The van der Waals surface area contributed by atoms with Crippen molar-refractivity contribution in [3.8, 4) is 0 Å². The van der Waals surface area contributed by atoms with Crippen molar-refractivity contribution in [2.24, 2.45) is 23.7 Å². The van der Waals surface area contributed by atoms with Crippen LogP contribution in [0.25, 0.3) is 0 Å². The van der Waals surface area contributed by atoms with Crippen LogP contribution in [0.1, 0.15) is 0 Å². The second-order valence-electron chi connectivity index (χ2n) is 11.7. The number of halogens is 3. The van der Waals surface area contributed by atoms with Crippen molar-refractivity contribution in [1.82, 2.24) is 10.1 Å². The van der Waals surface area contributed by atoms with Gasteiger partial charge in [-0.3, -0.25) is 29.6 Å². The van der Waals surface area contributed by atoms with E-state index in [1.54, 1.807) is 24.3 Å². The molecule has 3 aromatic carbocycles.